The van der Waals surface area contributed by atoms with Crippen LogP contribution in [0, 0.1) is 5.82 Å². The van der Waals surface area contributed by atoms with Crippen molar-refractivity contribution in [3.63, 3.8) is 0 Å². The van der Waals surface area contributed by atoms with E-state index in [1.165, 1.54) is 17.0 Å². The minimum absolute atomic E-state index is 0.150. The molecule has 1 aliphatic rings. The maximum absolute atomic E-state index is 13.7. The molecule has 21 heavy (non-hydrogen) atoms. The Morgan fingerprint density at radius 2 is 2.14 bits per heavy atom. The predicted octanol–water partition coefficient (Wildman–Crippen LogP) is 0.878. The molecule has 0 saturated carbocycles. The lowest BCUT2D eigenvalue weighted by Gasteiger charge is -2.20. The molecule has 112 valence electrons. The van der Waals surface area contributed by atoms with Crippen LogP contribution in [0.3, 0.4) is 0 Å². The molecule has 0 radical (unpaired) electrons. The third-order valence-corrected chi connectivity index (χ3v) is 3.02. The number of aromatic carboxylic acids is 1. The number of carboxylic acids is 1. The summed E-state index contributed by atoms with van der Waals surface area (Å²) in [7, 11) is 0. The van der Waals surface area contributed by atoms with Gasteiger partial charge in [-0.05, 0) is 18.6 Å². The molecule has 1 saturated heterocycles. The predicted molar refractivity (Wildman–Crippen MR) is 71.6 cm³/mol. The van der Waals surface area contributed by atoms with Crippen molar-refractivity contribution in [3.05, 3.63) is 29.6 Å². The van der Waals surface area contributed by atoms with E-state index in [1.54, 1.807) is 0 Å². The van der Waals surface area contributed by atoms with Gasteiger partial charge in [-0.1, -0.05) is 6.07 Å². The Bertz CT molecular complexity index is 591. The minimum atomic E-state index is -1.35. The van der Waals surface area contributed by atoms with Gasteiger partial charge in [0.1, 0.15) is 12.4 Å². The highest BCUT2D eigenvalue weighted by Gasteiger charge is 2.23. The number of hydrogen-bond donors (Lipinski definition) is 3. The molecule has 1 fully saturated rings. The van der Waals surface area contributed by atoms with Crippen molar-refractivity contribution in [3.8, 4) is 0 Å². The molecule has 0 unspecified atom stereocenters. The van der Waals surface area contributed by atoms with E-state index in [0.717, 1.165) is 6.07 Å². The van der Waals surface area contributed by atoms with Gasteiger partial charge in [-0.25, -0.2) is 14.0 Å². The van der Waals surface area contributed by atoms with Crippen LogP contribution in [-0.2, 0) is 4.79 Å². The molecule has 0 aliphatic carbocycles. The molecule has 7 nitrogen and oxygen atoms in total. The Morgan fingerprint density at radius 1 is 1.38 bits per heavy atom. The molecule has 0 spiro atoms. The Hall–Kier alpha value is -2.64. The normalized spacial score (nSPS) is 15.1. The highest BCUT2D eigenvalue weighted by Crippen LogP contribution is 2.20. The molecule has 1 aliphatic heterocycles. The number of nitrogens with one attached hydrogen (secondary N) is 2. The van der Waals surface area contributed by atoms with Crippen molar-refractivity contribution in [2.24, 2.45) is 0 Å². The number of benzene rings is 1. The largest absolute Gasteiger partial charge is 0.478 e. The number of urea groups is 1. The van der Waals surface area contributed by atoms with Crippen LogP contribution < -0.4 is 10.6 Å². The van der Waals surface area contributed by atoms with E-state index in [2.05, 4.69) is 10.6 Å². The molecule has 1 aromatic rings. The first-order valence-electron chi connectivity index (χ1n) is 6.33. The van der Waals surface area contributed by atoms with Crippen LogP contribution in [0.1, 0.15) is 16.8 Å². The second-order valence-corrected chi connectivity index (χ2v) is 4.52. The SMILES string of the molecule is O=C1CN(C(=O)Nc2c(F)cccc2C(=O)O)CCCN1. The van der Waals surface area contributed by atoms with Gasteiger partial charge < -0.3 is 20.6 Å². The summed E-state index contributed by atoms with van der Waals surface area (Å²) in [5.74, 6) is -2.50. The van der Waals surface area contributed by atoms with Crippen LogP contribution in [0.2, 0.25) is 0 Å². The van der Waals surface area contributed by atoms with Gasteiger partial charge in [0.25, 0.3) is 0 Å². The number of nitrogens with zero attached hydrogens (tertiary/aromatic N) is 1. The Kier molecular flexibility index (Phi) is 4.36. The Balaban J connectivity index is 2.19. The fourth-order valence-corrected chi connectivity index (χ4v) is 1.99. The summed E-state index contributed by atoms with van der Waals surface area (Å²) < 4.78 is 13.7. The fraction of sp³-hybridized carbons (Fsp3) is 0.308. The van der Waals surface area contributed by atoms with E-state index in [0.29, 0.717) is 19.5 Å². The van der Waals surface area contributed by atoms with E-state index in [-0.39, 0.29) is 18.0 Å². The van der Waals surface area contributed by atoms with Crippen LogP contribution in [-0.4, -0.2) is 47.5 Å². The van der Waals surface area contributed by atoms with Crippen LogP contribution in [0.25, 0.3) is 0 Å². The first kappa shape index (κ1) is 14.8. The van der Waals surface area contributed by atoms with Crippen molar-refractivity contribution < 1.29 is 23.9 Å². The van der Waals surface area contributed by atoms with Gasteiger partial charge >= 0.3 is 12.0 Å². The van der Waals surface area contributed by atoms with Gasteiger partial charge in [0.05, 0.1) is 11.3 Å². The topological polar surface area (TPSA) is 98.7 Å². The number of amides is 3. The molecular formula is C13H14FN3O4. The van der Waals surface area contributed by atoms with Crippen molar-refractivity contribution in [1.29, 1.82) is 0 Å². The lowest BCUT2D eigenvalue weighted by atomic mass is 10.1. The van der Waals surface area contributed by atoms with E-state index >= 15 is 0 Å². The molecule has 3 amide bonds. The van der Waals surface area contributed by atoms with E-state index in [9.17, 15) is 18.8 Å². The molecule has 0 atom stereocenters. The van der Waals surface area contributed by atoms with Gasteiger partial charge in [-0.15, -0.1) is 0 Å². The first-order valence-corrected chi connectivity index (χ1v) is 6.33. The smallest absolute Gasteiger partial charge is 0.337 e. The van der Waals surface area contributed by atoms with Gasteiger partial charge in [0.15, 0.2) is 0 Å². The maximum Gasteiger partial charge on any atom is 0.337 e. The highest BCUT2D eigenvalue weighted by atomic mass is 19.1. The zero-order valence-electron chi connectivity index (χ0n) is 11.1. The number of rotatable bonds is 2. The quantitative estimate of drug-likeness (QED) is 0.754. The average Bonchev–Trinajstić information content (AvgIpc) is 2.65. The Morgan fingerprint density at radius 3 is 2.86 bits per heavy atom. The van der Waals surface area contributed by atoms with E-state index in [4.69, 9.17) is 5.11 Å². The van der Waals surface area contributed by atoms with E-state index in [1.807, 2.05) is 0 Å². The van der Waals surface area contributed by atoms with Gasteiger partial charge in [0.2, 0.25) is 5.91 Å². The molecule has 0 bridgehead atoms. The summed E-state index contributed by atoms with van der Waals surface area (Å²) in [6.07, 6.45) is 0.572. The monoisotopic (exact) mass is 295 g/mol. The first-order chi connectivity index (χ1) is 9.99. The summed E-state index contributed by atoms with van der Waals surface area (Å²) in [6, 6.07) is 2.78. The van der Waals surface area contributed by atoms with Crippen molar-refractivity contribution in [2.45, 2.75) is 6.42 Å². The summed E-state index contributed by atoms with van der Waals surface area (Å²) >= 11 is 0. The van der Waals surface area contributed by atoms with Crippen LogP contribution in [0.15, 0.2) is 18.2 Å². The van der Waals surface area contributed by atoms with Crippen LogP contribution in [0.5, 0.6) is 0 Å². The van der Waals surface area contributed by atoms with Crippen molar-refractivity contribution in [1.82, 2.24) is 10.2 Å². The lowest BCUT2D eigenvalue weighted by Crippen LogP contribution is -2.40. The molecular weight excluding hydrogens is 281 g/mol. The second-order valence-electron chi connectivity index (χ2n) is 4.52. The van der Waals surface area contributed by atoms with Crippen molar-refractivity contribution >= 4 is 23.6 Å². The third-order valence-electron chi connectivity index (χ3n) is 3.02. The number of carbonyl (C=O) groups is 3. The number of hydrogen-bond acceptors (Lipinski definition) is 3. The molecule has 8 heteroatoms. The number of para-hydroxylation sites is 1. The highest BCUT2D eigenvalue weighted by molar-refractivity contribution is 6.00. The standard InChI is InChI=1S/C13H14FN3O4/c14-9-4-1-3-8(12(19)20)11(9)16-13(21)17-6-2-5-15-10(18)7-17/h1,3-4H,2,5-7H2,(H,15,18)(H,16,21)(H,19,20). The number of halogens is 1. The molecule has 3 N–H and O–H groups in total. The Labute approximate surface area is 119 Å². The summed E-state index contributed by atoms with van der Waals surface area (Å²) in [6.45, 7) is 0.632. The number of carbonyl (C=O) groups excluding carboxylic acids is 2. The van der Waals surface area contributed by atoms with Gasteiger partial charge in [0, 0.05) is 13.1 Å². The maximum atomic E-state index is 13.7. The minimum Gasteiger partial charge on any atom is -0.478 e. The van der Waals surface area contributed by atoms with Crippen LogP contribution >= 0.6 is 0 Å². The fourth-order valence-electron chi connectivity index (χ4n) is 1.99. The summed E-state index contributed by atoms with van der Waals surface area (Å²) in [4.78, 5) is 35.7. The summed E-state index contributed by atoms with van der Waals surface area (Å²) in [5, 5.41) is 13.8. The van der Waals surface area contributed by atoms with Crippen molar-refractivity contribution in [2.75, 3.05) is 25.0 Å². The van der Waals surface area contributed by atoms with Gasteiger partial charge in [-0.2, -0.15) is 0 Å². The van der Waals surface area contributed by atoms with E-state index < -0.39 is 23.5 Å². The zero-order valence-corrected chi connectivity index (χ0v) is 11.1. The summed E-state index contributed by atoms with van der Waals surface area (Å²) in [5.41, 5.74) is -0.748. The molecule has 1 heterocycles. The number of anilines is 1. The number of carboxylic acid groups (broad SMARTS) is 1. The van der Waals surface area contributed by atoms with Crippen LogP contribution in [0.4, 0.5) is 14.9 Å². The molecule has 0 aromatic heterocycles. The molecule has 2 rings (SSSR count). The lowest BCUT2D eigenvalue weighted by molar-refractivity contribution is -0.120. The zero-order chi connectivity index (χ0) is 15.4. The van der Waals surface area contributed by atoms with Gasteiger partial charge in [-0.3, -0.25) is 4.79 Å². The average molecular weight is 295 g/mol. The molecule has 1 aromatic carbocycles. The third kappa shape index (κ3) is 3.47. The second kappa shape index (κ2) is 6.21.